The number of halogens is 1. The van der Waals surface area contributed by atoms with Crippen molar-refractivity contribution in [1.29, 1.82) is 0 Å². The lowest BCUT2D eigenvalue weighted by Crippen LogP contribution is -2.44. The summed E-state index contributed by atoms with van der Waals surface area (Å²) in [7, 11) is 3.57. The minimum Gasteiger partial charge on any atom is -0.382 e. The number of hydrazine groups is 1. The van der Waals surface area contributed by atoms with Gasteiger partial charge in [0.15, 0.2) is 0 Å². The second-order valence-corrected chi connectivity index (χ2v) is 5.12. The zero-order valence-electron chi connectivity index (χ0n) is 12.4. The summed E-state index contributed by atoms with van der Waals surface area (Å²) in [6.07, 6.45) is 0. The van der Waals surface area contributed by atoms with Crippen LogP contribution < -0.4 is 11.3 Å². The highest BCUT2D eigenvalue weighted by molar-refractivity contribution is 6.31. The van der Waals surface area contributed by atoms with Crippen LogP contribution in [0.3, 0.4) is 0 Å². The number of methoxy groups -OCH3 is 1. The van der Waals surface area contributed by atoms with Gasteiger partial charge in [-0.25, -0.2) is 10.8 Å². The van der Waals surface area contributed by atoms with Crippen molar-refractivity contribution >= 4 is 17.6 Å². The zero-order valence-corrected chi connectivity index (χ0v) is 13.2. The van der Waals surface area contributed by atoms with E-state index in [-0.39, 0.29) is 12.1 Å². The smallest absolute Gasteiger partial charge is 0.208 e. The molecule has 0 radical (unpaired) electrons. The van der Waals surface area contributed by atoms with Gasteiger partial charge in [-0.1, -0.05) is 29.8 Å². The van der Waals surface area contributed by atoms with Crippen LogP contribution in [0.2, 0.25) is 5.02 Å². The van der Waals surface area contributed by atoms with E-state index in [1.54, 1.807) is 7.11 Å². The van der Waals surface area contributed by atoms with Crippen LogP contribution in [0.25, 0.3) is 0 Å². The van der Waals surface area contributed by atoms with E-state index in [9.17, 15) is 0 Å². The fourth-order valence-corrected chi connectivity index (χ4v) is 2.22. The molecule has 0 spiro atoms. The van der Waals surface area contributed by atoms with Crippen molar-refractivity contribution in [1.82, 2.24) is 10.3 Å². The molecule has 2 unspecified atom stereocenters. The van der Waals surface area contributed by atoms with Gasteiger partial charge in [0, 0.05) is 19.2 Å². The van der Waals surface area contributed by atoms with Gasteiger partial charge in [0.05, 0.1) is 18.7 Å². The summed E-state index contributed by atoms with van der Waals surface area (Å²) < 4.78 is 5.08. The zero-order chi connectivity index (χ0) is 15.1. The first-order chi connectivity index (χ1) is 9.51. The molecule has 0 aromatic heterocycles. The van der Waals surface area contributed by atoms with E-state index in [0.29, 0.717) is 12.6 Å². The van der Waals surface area contributed by atoms with Gasteiger partial charge in [0.25, 0.3) is 0 Å². The molecule has 0 saturated carbocycles. The molecule has 0 aliphatic carbocycles. The van der Waals surface area contributed by atoms with E-state index < -0.39 is 0 Å². The predicted octanol–water partition coefficient (Wildman–Crippen LogP) is 2.19. The second-order valence-electron chi connectivity index (χ2n) is 4.71. The fourth-order valence-electron chi connectivity index (χ4n) is 1.92. The SMILES string of the molecule is COCC(C)N=C(NN)N(C)C(C)c1ccccc1Cl. The van der Waals surface area contributed by atoms with Gasteiger partial charge in [0.1, 0.15) is 0 Å². The Kier molecular flexibility index (Phi) is 6.78. The quantitative estimate of drug-likeness (QED) is 0.378. The molecule has 0 aliphatic heterocycles. The molecule has 0 aliphatic rings. The van der Waals surface area contributed by atoms with E-state index in [1.165, 1.54) is 0 Å². The number of hydrogen-bond donors (Lipinski definition) is 2. The van der Waals surface area contributed by atoms with Crippen molar-refractivity contribution in [3.8, 4) is 0 Å². The Morgan fingerprint density at radius 2 is 2.10 bits per heavy atom. The van der Waals surface area contributed by atoms with Crippen molar-refractivity contribution in [2.75, 3.05) is 20.8 Å². The van der Waals surface area contributed by atoms with Crippen LogP contribution in [0.15, 0.2) is 29.3 Å². The van der Waals surface area contributed by atoms with E-state index in [4.69, 9.17) is 22.2 Å². The molecule has 112 valence electrons. The highest BCUT2D eigenvalue weighted by atomic mass is 35.5. The van der Waals surface area contributed by atoms with E-state index in [2.05, 4.69) is 17.3 Å². The number of benzene rings is 1. The first-order valence-electron chi connectivity index (χ1n) is 6.51. The van der Waals surface area contributed by atoms with Crippen molar-refractivity contribution in [2.24, 2.45) is 10.8 Å². The number of ether oxygens (including phenoxy) is 1. The molecule has 0 bridgehead atoms. The van der Waals surface area contributed by atoms with E-state index in [0.717, 1.165) is 10.6 Å². The number of nitrogens with two attached hydrogens (primary N) is 1. The summed E-state index contributed by atoms with van der Waals surface area (Å²) in [5.74, 6) is 6.17. The molecular formula is C14H23ClN4O. The molecule has 5 nitrogen and oxygen atoms in total. The average molecular weight is 299 g/mol. The van der Waals surface area contributed by atoms with Crippen LogP contribution in [0.4, 0.5) is 0 Å². The van der Waals surface area contributed by atoms with Gasteiger partial charge in [-0.3, -0.25) is 5.43 Å². The Morgan fingerprint density at radius 1 is 1.45 bits per heavy atom. The molecule has 1 rings (SSSR count). The van der Waals surface area contributed by atoms with Gasteiger partial charge >= 0.3 is 0 Å². The molecule has 3 N–H and O–H groups in total. The van der Waals surface area contributed by atoms with E-state index >= 15 is 0 Å². The Balaban J connectivity index is 2.91. The number of nitrogens with one attached hydrogen (secondary N) is 1. The standard InChI is InChI=1S/C14H23ClN4O/c1-10(9-20-4)17-14(18-16)19(3)11(2)12-7-5-6-8-13(12)15/h5-8,10-11H,9,16H2,1-4H3,(H,17,18). The topological polar surface area (TPSA) is 62.9 Å². The maximum atomic E-state index is 6.23. The van der Waals surface area contributed by atoms with Gasteiger partial charge < -0.3 is 9.64 Å². The van der Waals surface area contributed by atoms with Crippen molar-refractivity contribution < 1.29 is 4.74 Å². The van der Waals surface area contributed by atoms with Crippen molar-refractivity contribution in [3.05, 3.63) is 34.9 Å². The summed E-state index contributed by atoms with van der Waals surface area (Å²) in [5, 5.41) is 0.730. The fraction of sp³-hybridized carbons (Fsp3) is 0.500. The van der Waals surface area contributed by atoms with Crippen LogP contribution in [0.1, 0.15) is 25.5 Å². The Bertz CT molecular complexity index is 453. The number of hydrogen-bond acceptors (Lipinski definition) is 3. The Morgan fingerprint density at radius 3 is 2.65 bits per heavy atom. The van der Waals surface area contributed by atoms with Gasteiger partial charge in [-0.2, -0.15) is 0 Å². The van der Waals surface area contributed by atoms with Crippen LogP contribution in [0, 0.1) is 0 Å². The third-order valence-corrected chi connectivity index (χ3v) is 3.49. The van der Waals surface area contributed by atoms with Crippen LogP contribution in [0.5, 0.6) is 0 Å². The van der Waals surface area contributed by atoms with Crippen molar-refractivity contribution in [2.45, 2.75) is 25.9 Å². The van der Waals surface area contributed by atoms with Crippen LogP contribution in [-0.2, 0) is 4.74 Å². The Hall–Kier alpha value is -1.30. The summed E-state index contributed by atoms with van der Waals surface area (Å²) in [5.41, 5.74) is 3.67. The number of rotatable bonds is 5. The maximum absolute atomic E-state index is 6.23. The average Bonchev–Trinajstić information content (AvgIpc) is 2.44. The summed E-state index contributed by atoms with van der Waals surface area (Å²) in [6.45, 7) is 4.56. The minimum absolute atomic E-state index is 0.0203. The van der Waals surface area contributed by atoms with Crippen LogP contribution >= 0.6 is 11.6 Å². The number of guanidine groups is 1. The van der Waals surface area contributed by atoms with E-state index in [1.807, 2.05) is 43.1 Å². The molecule has 1 aromatic rings. The third kappa shape index (κ3) is 4.37. The normalized spacial score (nSPS) is 14.8. The molecule has 0 fully saturated rings. The summed E-state index contributed by atoms with van der Waals surface area (Å²) in [4.78, 5) is 6.45. The maximum Gasteiger partial charge on any atom is 0.208 e. The molecule has 0 amide bonds. The number of nitrogens with zero attached hydrogens (tertiary/aromatic N) is 2. The predicted molar refractivity (Wildman–Crippen MR) is 83.7 cm³/mol. The van der Waals surface area contributed by atoms with Gasteiger partial charge in [0.2, 0.25) is 5.96 Å². The molecule has 1 aromatic carbocycles. The van der Waals surface area contributed by atoms with Crippen molar-refractivity contribution in [3.63, 3.8) is 0 Å². The third-order valence-electron chi connectivity index (χ3n) is 3.15. The molecule has 0 heterocycles. The molecule has 20 heavy (non-hydrogen) atoms. The summed E-state index contributed by atoms with van der Waals surface area (Å²) >= 11 is 6.23. The van der Waals surface area contributed by atoms with Crippen LogP contribution in [-0.4, -0.2) is 37.7 Å². The highest BCUT2D eigenvalue weighted by Crippen LogP contribution is 2.26. The lowest BCUT2D eigenvalue weighted by Gasteiger charge is -2.29. The first kappa shape index (κ1) is 16.8. The minimum atomic E-state index is 0.0203. The summed E-state index contributed by atoms with van der Waals surface area (Å²) in [6, 6.07) is 7.82. The molecular weight excluding hydrogens is 276 g/mol. The first-order valence-corrected chi connectivity index (χ1v) is 6.89. The molecule has 0 saturated heterocycles. The number of aliphatic imine (C=N–C) groups is 1. The largest absolute Gasteiger partial charge is 0.382 e. The van der Waals surface area contributed by atoms with Gasteiger partial charge in [-0.15, -0.1) is 0 Å². The Labute approximate surface area is 125 Å². The highest BCUT2D eigenvalue weighted by Gasteiger charge is 2.18. The molecule has 2 atom stereocenters. The lowest BCUT2D eigenvalue weighted by molar-refractivity contribution is 0.185. The monoisotopic (exact) mass is 298 g/mol. The molecule has 6 heteroatoms. The lowest BCUT2D eigenvalue weighted by atomic mass is 10.1. The van der Waals surface area contributed by atoms with Gasteiger partial charge in [-0.05, 0) is 25.5 Å². The second kappa shape index (κ2) is 8.09.